The molecule has 0 atom stereocenters. The van der Waals surface area contributed by atoms with E-state index in [1.165, 1.54) is 11.3 Å². The van der Waals surface area contributed by atoms with Gasteiger partial charge in [0.15, 0.2) is 0 Å². The van der Waals surface area contributed by atoms with E-state index in [4.69, 9.17) is 4.74 Å². The Hall–Kier alpha value is -2.47. The van der Waals surface area contributed by atoms with Crippen LogP contribution in [0.25, 0.3) is 10.2 Å². The van der Waals surface area contributed by atoms with Crippen molar-refractivity contribution in [2.75, 3.05) is 6.61 Å². The van der Waals surface area contributed by atoms with E-state index < -0.39 is 0 Å². The molecule has 0 bridgehead atoms. The molecule has 0 radical (unpaired) electrons. The molecule has 0 aliphatic heterocycles. The molecule has 0 saturated carbocycles. The Labute approximate surface area is 149 Å². The summed E-state index contributed by atoms with van der Waals surface area (Å²) in [4.78, 5) is 31.0. The number of hydrogen-bond donors (Lipinski definition) is 0. The molecule has 25 heavy (non-hydrogen) atoms. The summed E-state index contributed by atoms with van der Waals surface area (Å²) in [6.45, 7) is 6.61. The zero-order valence-corrected chi connectivity index (χ0v) is 15.4. The number of thiophene rings is 1. The lowest BCUT2D eigenvalue weighted by molar-refractivity contribution is 0.0505. The maximum Gasteiger partial charge on any atom is 0.338 e. The van der Waals surface area contributed by atoms with Crippen LogP contribution in [0.1, 0.15) is 40.0 Å². The van der Waals surface area contributed by atoms with Crippen LogP contribution in [0.15, 0.2) is 35.1 Å². The Morgan fingerprint density at radius 1 is 1.24 bits per heavy atom. The van der Waals surface area contributed by atoms with Gasteiger partial charge in [-0.2, -0.15) is 0 Å². The lowest BCUT2D eigenvalue weighted by Gasteiger charge is -2.10. The van der Waals surface area contributed by atoms with Gasteiger partial charge in [-0.1, -0.05) is 19.1 Å². The van der Waals surface area contributed by atoms with E-state index in [0.29, 0.717) is 29.9 Å². The van der Waals surface area contributed by atoms with Gasteiger partial charge in [0.25, 0.3) is 5.56 Å². The summed E-state index contributed by atoms with van der Waals surface area (Å²) >= 11 is 1.53. The minimum absolute atomic E-state index is 0.0294. The molecule has 0 fully saturated rings. The van der Waals surface area contributed by atoms with E-state index in [0.717, 1.165) is 21.7 Å². The first-order valence-electron chi connectivity index (χ1n) is 8.23. The van der Waals surface area contributed by atoms with Gasteiger partial charge in [0.1, 0.15) is 10.7 Å². The van der Waals surface area contributed by atoms with E-state index >= 15 is 0 Å². The topological polar surface area (TPSA) is 61.2 Å². The molecule has 2 aromatic heterocycles. The summed E-state index contributed by atoms with van der Waals surface area (Å²) in [5, 5.41) is 0.660. The van der Waals surface area contributed by atoms with Crippen LogP contribution >= 0.6 is 11.3 Å². The van der Waals surface area contributed by atoms with Gasteiger partial charge in [-0.05, 0) is 44.0 Å². The van der Waals surface area contributed by atoms with Crippen molar-refractivity contribution < 1.29 is 9.53 Å². The van der Waals surface area contributed by atoms with Crippen LogP contribution in [-0.4, -0.2) is 22.1 Å². The molecule has 0 N–H and O–H groups in total. The molecule has 0 amide bonds. The molecule has 3 aromatic rings. The predicted octanol–water partition coefficient (Wildman–Crippen LogP) is 3.69. The first-order valence-corrected chi connectivity index (χ1v) is 9.05. The molecule has 3 rings (SSSR count). The average molecular weight is 356 g/mol. The minimum atomic E-state index is -0.321. The maximum atomic E-state index is 12.7. The zero-order valence-electron chi connectivity index (χ0n) is 14.5. The molecule has 0 unspecified atom stereocenters. The summed E-state index contributed by atoms with van der Waals surface area (Å²) in [5.41, 5.74) is 1.42. The van der Waals surface area contributed by atoms with Crippen LogP contribution in [0.5, 0.6) is 0 Å². The molecule has 6 heteroatoms. The molecular formula is C19H20N2O3S. The molecular weight excluding hydrogens is 336 g/mol. The van der Waals surface area contributed by atoms with Crippen LogP contribution < -0.4 is 5.56 Å². The fraction of sp³-hybridized carbons (Fsp3) is 0.316. The predicted molar refractivity (Wildman–Crippen MR) is 99.5 cm³/mol. The number of fused-ring (bicyclic) bond motifs is 1. The van der Waals surface area contributed by atoms with Crippen molar-refractivity contribution in [1.82, 2.24) is 9.55 Å². The van der Waals surface area contributed by atoms with E-state index in [1.54, 1.807) is 16.7 Å². The number of aromatic nitrogens is 2. The first-order chi connectivity index (χ1) is 12.0. The average Bonchev–Trinajstić information content (AvgIpc) is 2.97. The van der Waals surface area contributed by atoms with Crippen molar-refractivity contribution in [3.63, 3.8) is 0 Å². The second-order valence-corrected chi connectivity index (χ2v) is 7.19. The monoisotopic (exact) mass is 356 g/mol. The largest absolute Gasteiger partial charge is 0.462 e. The van der Waals surface area contributed by atoms with Gasteiger partial charge in [-0.3, -0.25) is 9.36 Å². The Kier molecular flexibility index (Phi) is 4.99. The van der Waals surface area contributed by atoms with Gasteiger partial charge in [0.2, 0.25) is 0 Å². The highest BCUT2D eigenvalue weighted by Crippen LogP contribution is 2.20. The first kappa shape index (κ1) is 17.4. The van der Waals surface area contributed by atoms with Gasteiger partial charge < -0.3 is 4.74 Å². The van der Waals surface area contributed by atoms with Crippen LogP contribution in [0, 0.1) is 13.8 Å². The Morgan fingerprint density at radius 2 is 1.96 bits per heavy atom. The molecule has 0 saturated heterocycles. The fourth-order valence-corrected chi connectivity index (χ4v) is 3.55. The lowest BCUT2D eigenvalue weighted by atomic mass is 10.1. The Balaban J connectivity index is 1.86. The number of esters is 1. The summed E-state index contributed by atoms with van der Waals surface area (Å²) in [5.74, 6) is 0.365. The van der Waals surface area contributed by atoms with Gasteiger partial charge in [0.05, 0.1) is 24.1 Å². The van der Waals surface area contributed by atoms with Crippen molar-refractivity contribution in [3.05, 3.63) is 62.5 Å². The van der Waals surface area contributed by atoms with Crippen molar-refractivity contribution >= 4 is 27.5 Å². The van der Waals surface area contributed by atoms with Crippen LogP contribution in [0.4, 0.5) is 0 Å². The molecule has 0 aliphatic carbocycles. The van der Waals surface area contributed by atoms with Gasteiger partial charge >= 0.3 is 5.97 Å². The summed E-state index contributed by atoms with van der Waals surface area (Å²) < 4.78 is 6.79. The third-order valence-corrected chi connectivity index (χ3v) is 4.88. The zero-order chi connectivity index (χ0) is 18.0. The van der Waals surface area contributed by atoms with Crippen LogP contribution in [0.2, 0.25) is 0 Å². The Morgan fingerprint density at radius 3 is 2.64 bits per heavy atom. The number of rotatable bonds is 5. The standard InChI is InChI=1S/C19H20N2O3S/c1-4-9-24-19(23)15-7-5-14(6-8-15)11-21-13(3)20-17-16(18(21)22)10-12(2)25-17/h5-8,10H,4,9,11H2,1-3H3. The third-order valence-electron chi connectivity index (χ3n) is 3.93. The second kappa shape index (κ2) is 7.19. The highest BCUT2D eigenvalue weighted by Gasteiger charge is 2.12. The van der Waals surface area contributed by atoms with Crippen LogP contribution in [0.3, 0.4) is 0 Å². The van der Waals surface area contributed by atoms with Gasteiger partial charge in [0, 0.05) is 4.88 Å². The van der Waals surface area contributed by atoms with E-state index in [1.807, 2.05) is 39.0 Å². The van der Waals surface area contributed by atoms with Crippen molar-refractivity contribution in [2.45, 2.75) is 33.7 Å². The summed E-state index contributed by atoms with van der Waals surface area (Å²) in [7, 11) is 0. The van der Waals surface area contributed by atoms with Crippen LogP contribution in [-0.2, 0) is 11.3 Å². The van der Waals surface area contributed by atoms with Crippen molar-refractivity contribution in [1.29, 1.82) is 0 Å². The van der Waals surface area contributed by atoms with E-state index in [9.17, 15) is 9.59 Å². The molecule has 130 valence electrons. The molecule has 1 aromatic carbocycles. The second-order valence-electron chi connectivity index (χ2n) is 5.96. The summed E-state index contributed by atoms with van der Waals surface area (Å²) in [6, 6.07) is 9.04. The number of benzene rings is 1. The number of ether oxygens (including phenoxy) is 1. The SMILES string of the molecule is CCCOC(=O)c1ccc(Cn2c(C)nc3sc(C)cc3c2=O)cc1. The third kappa shape index (κ3) is 3.64. The molecule has 2 heterocycles. The number of hydrogen-bond acceptors (Lipinski definition) is 5. The highest BCUT2D eigenvalue weighted by molar-refractivity contribution is 7.18. The van der Waals surface area contributed by atoms with Gasteiger partial charge in [-0.25, -0.2) is 9.78 Å². The van der Waals surface area contributed by atoms with E-state index in [2.05, 4.69) is 4.98 Å². The lowest BCUT2D eigenvalue weighted by Crippen LogP contribution is -2.23. The number of carbonyl (C=O) groups excluding carboxylic acids is 1. The number of carbonyl (C=O) groups is 1. The minimum Gasteiger partial charge on any atom is -0.462 e. The Bertz CT molecular complexity index is 971. The van der Waals surface area contributed by atoms with Crippen molar-refractivity contribution in [2.24, 2.45) is 0 Å². The smallest absolute Gasteiger partial charge is 0.338 e. The molecule has 0 aliphatic rings. The maximum absolute atomic E-state index is 12.7. The van der Waals surface area contributed by atoms with E-state index in [-0.39, 0.29) is 11.5 Å². The molecule has 5 nitrogen and oxygen atoms in total. The summed E-state index contributed by atoms with van der Waals surface area (Å²) in [6.07, 6.45) is 0.795. The quantitative estimate of drug-likeness (QED) is 0.654. The molecule has 0 spiro atoms. The fourth-order valence-electron chi connectivity index (χ4n) is 2.63. The van der Waals surface area contributed by atoms with Crippen molar-refractivity contribution in [3.8, 4) is 0 Å². The normalized spacial score (nSPS) is 11.0. The highest BCUT2D eigenvalue weighted by atomic mass is 32.1. The number of nitrogens with zero attached hydrogens (tertiary/aromatic N) is 2. The number of aryl methyl sites for hydroxylation is 2. The van der Waals surface area contributed by atoms with Gasteiger partial charge in [-0.15, -0.1) is 11.3 Å².